The SMILES string of the molecule is COc1ccc(CCN2C(=O)[C@@H]3[C@@H]4C=C[C@@H](C4)[C@]3([S@](=O)C[C@]34CC[C@H](C[C@H]3O)C4(C)C)C2=O)cc1OC. The minimum atomic E-state index is -1.58. The van der Waals surface area contributed by atoms with Gasteiger partial charge >= 0.3 is 0 Å². The summed E-state index contributed by atoms with van der Waals surface area (Å²) >= 11 is 0. The van der Waals surface area contributed by atoms with E-state index in [1.54, 1.807) is 14.2 Å². The molecule has 6 rings (SSSR count). The summed E-state index contributed by atoms with van der Waals surface area (Å²) in [5.74, 6) is 0.627. The zero-order valence-electron chi connectivity index (χ0n) is 22.1. The molecule has 1 N–H and O–H groups in total. The van der Waals surface area contributed by atoms with Crippen LogP contribution in [0, 0.1) is 34.5 Å². The van der Waals surface area contributed by atoms with Gasteiger partial charge in [-0.3, -0.25) is 18.7 Å². The Kier molecular flexibility index (Phi) is 5.70. The van der Waals surface area contributed by atoms with Gasteiger partial charge in [-0.1, -0.05) is 32.1 Å². The van der Waals surface area contributed by atoms with E-state index >= 15 is 0 Å². The van der Waals surface area contributed by atoms with Crippen LogP contribution in [-0.2, 0) is 26.8 Å². The van der Waals surface area contributed by atoms with Gasteiger partial charge in [0.2, 0.25) is 11.8 Å². The molecule has 4 bridgehead atoms. The van der Waals surface area contributed by atoms with E-state index < -0.39 is 33.0 Å². The molecule has 0 unspecified atom stereocenters. The Morgan fingerprint density at radius 3 is 2.51 bits per heavy atom. The van der Waals surface area contributed by atoms with E-state index in [1.165, 1.54) is 4.90 Å². The van der Waals surface area contributed by atoms with Crippen molar-refractivity contribution in [3.63, 3.8) is 0 Å². The fourth-order valence-corrected chi connectivity index (χ4v) is 11.4. The summed E-state index contributed by atoms with van der Waals surface area (Å²) in [4.78, 5) is 29.3. The number of amides is 2. The molecular weight excluding hydrogens is 490 g/mol. The number of hydrogen-bond acceptors (Lipinski definition) is 6. The van der Waals surface area contributed by atoms with Gasteiger partial charge in [0.05, 0.1) is 26.2 Å². The van der Waals surface area contributed by atoms with Crippen LogP contribution in [0.5, 0.6) is 11.5 Å². The van der Waals surface area contributed by atoms with Crippen LogP contribution in [0.4, 0.5) is 0 Å². The average Bonchev–Trinajstić information content (AvgIpc) is 3.63. The van der Waals surface area contributed by atoms with Crippen LogP contribution in [0.1, 0.15) is 45.1 Å². The van der Waals surface area contributed by atoms with Gasteiger partial charge in [-0.25, -0.2) is 0 Å². The van der Waals surface area contributed by atoms with Crippen molar-refractivity contribution in [2.24, 2.45) is 34.5 Å². The Morgan fingerprint density at radius 1 is 1.11 bits per heavy atom. The fourth-order valence-electron chi connectivity index (χ4n) is 8.61. The van der Waals surface area contributed by atoms with Crippen molar-refractivity contribution in [3.05, 3.63) is 35.9 Å². The zero-order chi connectivity index (χ0) is 26.3. The molecule has 200 valence electrons. The van der Waals surface area contributed by atoms with Gasteiger partial charge in [-0.05, 0) is 67.1 Å². The largest absolute Gasteiger partial charge is 0.493 e. The summed E-state index contributed by atoms with van der Waals surface area (Å²) in [5, 5.41) is 11.1. The number of nitrogens with zero attached hydrogens (tertiary/aromatic N) is 1. The quantitative estimate of drug-likeness (QED) is 0.413. The number of aliphatic hydroxyl groups is 1. The smallest absolute Gasteiger partial charge is 0.249 e. The van der Waals surface area contributed by atoms with Gasteiger partial charge in [0.25, 0.3) is 0 Å². The molecule has 2 amide bonds. The molecular formula is C29H37NO6S. The van der Waals surface area contributed by atoms with E-state index in [0.29, 0.717) is 30.3 Å². The lowest BCUT2D eigenvalue weighted by Crippen LogP contribution is -2.55. The molecule has 4 fully saturated rings. The summed E-state index contributed by atoms with van der Waals surface area (Å²) in [7, 11) is 1.58. The van der Waals surface area contributed by atoms with Crippen LogP contribution >= 0.6 is 0 Å². The number of likely N-dealkylation sites (tertiary alicyclic amines) is 1. The molecule has 8 atom stereocenters. The monoisotopic (exact) mass is 527 g/mol. The second-order valence-corrected chi connectivity index (χ2v) is 13.9. The maximum atomic E-state index is 14.5. The molecule has 0 radical (unpaired) electrons. The topological polar surface area (TPSA) is 93.1 Å². The third-order valence-electron chi connectivity index (χ3n) is 10.9. The first-order valence-corrected chi connectivity index (χ1v) is 14.7. The first-order valence-electron chi connectivity index (χ1n) is 13.4. The van der Waals surface area contributed by atoms with Crippen molar-refractivity contribution < 1.29 is 28.4 Å². The van der Waals surface area contributed by atoms with Crippen LogP contribution in [0.3, 0.4) is 0 Å². The summed E-state index contributed by atoms with van der Waals surface area (Å²) < 4.78 is 24.0. The highest BCUT2D eigenvalue weighted by molar-refractivity contribution is 7.87. The molecule has 37 heavy (non-hydrogen) atoms. The molecule has 1 aromatic rings. The molecule has 5 aliphatic rings. The van der Waals surface area contributed by atoms with E-state index in [1.807, 2.05) is 30.4 Å². The standard InChI is InChI=1S/C29H37NO6S/c1-27(2)19-9-11-28(27,23(31)15-19)16-37(34)29-20-7-6-18(14-20)24(29)25(32)30(26(29)33)12-10-17-5-8-21(35-3)22(13-17)36-4/h5-8,13,18-20,23-24,31H,9-12,14-16H2,1-4H3/t18-,19-,20+,23-,24+,28-,29-,37-/m1/s1. The second kappa shape index (κ2) is 8.40. The molecule has 1 saturated heterocycles. The molecule has 0 spiro atoms. The Morgan fingerprint density at radius 2 is 1.86 bits per heavy atom. The number of carbonyl (C=O) groups excluding carboxylic acids is 2. The molecule has 0 aromatic heterocycles. The first-order chi connectivity index (χ1) is 17.6. The van der Waals surface area contributed by atoms with Crippen molar-refractivity contribution in [3.8, 4) is 11.5 Å². The van der Waals surface area contributed by atoms with E-state index in [4.69, 9.17) is 9.47 Å². The first kappa shape index (κ1) is 25.1. The molecule has 7 nitrogen and oxygen atoms in total. The van der Waals surface area contributed by atoms with Crippen LogP contribution in [0.15, 0.2) is 30.4 Å². The Balaban J connectivity index is 1.29. The number of methoxy groups -OCH3 is 2. The number of imide groups is 1. The number of benzene rings is 1. The minimum absolute atomic E-state index is 0.0492. The van der Waals surface area contributed by atoms with Gasteiger partial charge in [0.15, 0.2) is 11.5 Å². The Hall–Kier alpha value is -2.19. The molecule has 8 heteroatoms. The number of carbonyl (C=O) groups is 2. The summed E-state index contributed by atoms with van der Waals surface area (Å²) in [6.07, 6.45) is 7.33. The zero-order valence-corrected chi connectivity index (χ0v) is 22.9. The molecule has 1 heterocycles. The number of aliphatic hydroxyl groups excluding tert-OH is 1. The van der Waals surface area contributed by atoms with Gasteiger partial charge in [0.1, 0.15) is 4.75 Å². The highest BCUT2D eigenvalue weighted by Crippen LogP contribution is 2.67. The molecule has 4 aliphatic carbocycles. The van der Waals surface area contributed by atoms with Crippen molar-refractivity contribution in [2.45, 2.75) is 56.8 Å². The summed E-state index contributed by atoms with van der Waals surface area (Å²) in [6.45, 7) is 4.61. The van der Waals surface area contributed by atoms with E-state index in [2.05, 4.69) is 13.8 Å². The Labute approximate surface area is 221 Å². The lowest BCUT2D eigenvalue weighted by atomic mass is 9.70. The predicted octanol–water partition coefficient (Wildman–Crippen LogP) is 3.11. The van der Waals surface area contributed by atoms with Crippen LogP contribution in [-0.4, -0.2) is 63.4 Å². The van der Waals surface area contributed by atoms with Crippen molar-refractivity contribution in [2.75, 3.05) is 26.5 Å². The summed E-state index contributed by atoms with van der Waals surface area (Å²) in [6, 6.07) is 5.59. The predicted molar refractivity (Wildman–Crippen MR) is 139 cm³/mol. The number of allylic oxidation sites excluding steroid dienone is 2. The number of rotatable bonds is 8. The van der Waals surface area contributed by atoms with Crippen LogP contribution in [0.2, 0.25) is 0 Å². The second-order valence-electron chi connectivity index (χ2n) is 12.3. The van der Waals surface area contributed by atoms with E-state index in [0.717, 1.165) is 24.8 Å². The number of hydrogen-bond donors (Lipinski definition) is 1. The maximum Gasteiger partial charge on any atom is 0.249 e. The fraction of sp³-hybridized carbons (Fsp3) is 0.655. The number of ether oxygens (including phenoxy) is 2. The molecule has 1 aliphatic heterocycles. The van der Waals surface area contributed by atoms with Gasteiger partial charge < -0.3 is 14.6 Å². The van der Waals surface area contributed by atoms with Gasteiger partial charge in [-0.2, -0.15) is 0 Å². The van der Waals surface area contributed by atoms with Crippen molar-refractivity contribution in [1.29, 1.82) is 0 Å². The van der Waals surface area contributed by atoms with Crippen LogP contribution < -0.4 is 9.47 Å². The molecule has 3 saturated carbocycles. The lowest BCUT2D eigenvalue weighted by molar-refractivity contribution is -0.140. The van der Waals surface area contributed by atoms with Gasteiger partial charge in [-0.15, -0.1) is 0 Å². The van der Waals surface area contributed by atoms with Crippen molar-refractivity contribution >= 4 is 22.6 Å². The third-order valence-corrected chi connectivity index (χ3v) is 13.2. The molecule has 1 aromatic carbocycles. The van der Waals surface area contributed by atoms with E-state index in [-0.39, 0.29) is 41.4 Å². The van der Waals surface area contributed by atoms with Crippen LogP contribution in [0.25, 0.3) is 0 Å². The number of fused-ring (bicyclic) bond motifs is 7. The highest BCUT2D eigenvalue weighted by Gasteiger charge is 2.74. The van der Waals surface area contributed by atoms with Crippen molar-refractivity contribution in [1.82, 2.24) is 4.90 Å². The average molecular weight is 528 g/mol. The van der Waals surface area contributed by atoms with E-state index in [9.17, 15) is 18.9 Å². The Bertz CT molecular complexity index is 1210. The minimum Gasteiger partial charge on any atom is -0.493 e. The normalized spacial score (nSPS) is 39.5. The summed E-state index contributed by atoms with van der Waals surface area (Å²) in [5.41, 5.74) is 0.322. The lowest BCUT2D eigenvalue weighted by Gasteiger charge is -2.43. The van der Waals surface area contributed by atoms with Gasteiger partial charge in [0, 0.05) is 34.4 Å². The third kappa shape index (κ3) is 3.11. The maximum absolute atomic E-state index is 14.5. The highest BCUT2D eigenvalue weighted by atomic mass is 32.2.